The van der Waals surface area contributed by atoms with Gasteiger partial charge >= 0.3 is 5.91 Å². The first-order chi connectivity index (χ1) is 15.3. The van der Waals surface area contributed by atoms with Gasteiger partial charge in [0.25, 0.3) is 5.78 Å². The molecule has 1 amide bonds. The predicted octanol–water partition coefficient (Wildman–Crippen LogP) is 5.05. The second-order valence-corrected chi connectivity index (χ2v) is 8.14. The summed E-state index contributed by atoms with van der Waals surface area (Å²) in [6.07, 6.45) is -0.00510. The van der Waals surface area contributed by atoms with Gasteiger partial charge in [-0.15, -0.1) is 0 Å². The van der Waals surface area contributed by atoms with Crippen molar-refractivity contribution in [1.82, 2.24) is 5.16 Å². The van der Waals surface area contributed by atoms with Gasteiger partial charge in [0.05, 0.1) is 17.7 Å². The molecule has 0 spiro atoms. The molecule has 0 radical (unpaired) electrons. The molecule has 4 rings (SSSR count). The second kappa shape index (κ2) is 8.51. The lowest BCUT2D eigenvalue weighted by atomic mass is 9.95. The van der Waals surface area contributed by atoms with Crippen molar-refractivity contribution in [1.29, 1.82) is 0 Å². The van der Waals surface area contributed by atoms with Crippen LogP contribution < -0.4 is 9.64 Å². The van der Waals surface area contributed by atoms with E-state index in [-0.39, 0.29) is 23.3 Å². The lowest BCUT2D eigenvalue weighted by Crippen LogP contribution is -2.29. The molecule has 1 atom stereocenters. The van der Waals surface area contributed by atoms with E-state index in [1.807, 2.05) is 13.8 Å². The third-order valence-corrected chi connectivity index (χ3v) is 5.24. The van der Waals surface area contributed by atoms with E-state index in [0.717, 1.165) is 0 Å². The third kappa shape index (κ3) is 3.99. The van der Waals surface area contributed by atoms with Crippen LogP contribution in [-0.4, -0.2) is 28.1 Å². The first-order valence-corrected chi connectivity index (χ1v) is 10.4. The first kappa shape index (κ1) is 21.6. The number of aliphatic hydroxyl groups is 1. The molecule has 8 heteroatoms. The minimum atomic E-state index is -0.900. The van der Waals surface area contributed by atoms with E-state index in [0.29, 0.717) is 27.7 Å². The number of ketones is 1. The van der Waals surface area contributed by atoms with Gasteiger partial charge in [-0.2, -0.15) is 0 Å². The molecule has 164 valence electrons. The molecule has 3 aromatic rings. The van der Waals surface area contributed by atoms with Gasteiger partial charge in [-0.3, -0.25) is 14.5 Å². The molecule has 0 bridgehead atoms. The minimum absolute atomic E-state index is 0.00510. The molecule has 2 aromatic carbocycles. The van der Waals surface area contributed by atoms with Crippen LogP contribution in [0.4, 0.5) is 5.82 Å². The van der Waals surface area contributed by atoms with Gasteiger partial charge in [0.2, 0.25) is 0 Å². The topological polar surface area (TPSA) is 92.9 Å². The number of aromatic nitrogens is 1. The highest BCUT2D eigenvalue weighted by Gasteiger charge is 2.48. The van der Waals surface area contributed by atoms with Crippen LogP contribution in [0.15, 0.2) is 64.7 Å². The molecule has 2 heterocycles. The molecule has 0 unspecified atom stereocenters. The van der Waals surface area contributed by atoms with Crippen LogP contribution >= 0.6 is 11.6 Å². The Kier molecular flexibility index (Phi) is 5.76. The maximum atomic E-state index is 13.1. The predicted molar refractivity (Wildman–Crippen MR) is 120 cm³/mol. The van der Waals surface area contributed by atoms with E-state index >= 15 is 0 Å². The van der Waals surface area contributed by atoms with Crippen LogP contribution in [0, 0.1) is 6.92 Å². The van der Waals surface area contributed by atoms with Crippen LogP contribution in [0.2, 0.25) is 5.02 Å². The fraction of sp³-hybridized carbons (Fsp3) is 0.208. The van der Waals surface area contributed by atoms with Crippen molar-refractivity contribution in [2.75, 3.05) is 4.90 Å². The van der Waals surface area contributed by atoms with Crippen LogP contribution in [0.1, 0.15) is 36.8 Å². The number of carbonyl (C=O) groups is 2. The number of hydrogen-bond donors (Lipinski definition) is 1. The van der Waals surface area contributed by atoms with E-state index in [4.69, 9.17) is 20.9 Å². The summed E-state index contributed by atoms with van der Waals surface area (Å²) >= 11 is 5.95. The zero-order valence-electron chi connectivity index (χ0n) is 17.7. The number of halogens is 1. The quantitative estimate of drug-likeness (QED) is 0.331. The number of aliphatic hydroxyl groups excluding tert-OH is 1. The average Bonchev–Trinajstić information content (AvgIpc) is 3.29. The van der Waals surface area contributed by atoms with Gasteiger partial charge in [-0.05, 0) is 62.7 Å². The number of Topliss-reactive ketones (excluding diaryl/α,β-unsaturated/α-hetero) is 1. The van der Waals surface area contributed by atoms with Gasteiger partial charge in [-0.25, -0.2) is 0 Å². The molecule has 1 fully saturated rings. The number of amides is 1. The summed E-state index contributed by atoms with van der Waals surface area (Å²) in [7, 11) is 0. The Morgan fingerprint density at radius 2 is 1.78 bits per heavy atom. The Labute approximate surface area is 189 Å². The van der Waals surface area contributed by atoms with E-state index in [1.54, 1.807) is 61.5 Å². The molecule has 1 aliphatic rings. The second-order valence-electron chi connectivity index (χ2n) is 7.71. The van der Waals surface area contributed by atoms with Crippen molar-refractivity contribution >= 4 is 34.9 Å². The number of aryl methyl sites for hydroxylation is 1. The lowest BCUT2D eigenvalue weighted by Gasteiger charge is -2.23. The standard InChI is InChI=1S/C24H21ClN2O5/c1-13(2)31-18-10-6-15(7-11-18)21-20(22(28)16-4-8-17(25)9-5-16)23(29)24(30)27(21)19-12-14(3)32-26-19/h4-13,21,28H,1-3H3/t21-/m0/s1. The number of anilines is 1. The number of nitrogens with zero attached hydrogens (tertiary/aromatic N) is 2. The summed E-state index contributed by atoms with van der Waals surface area (Å²) in [4.78, 5) is 27.3. The monoisotopic (exact) mass is 452 g/mol. The summed E-state index contributed by atoms with van der Waals surface area (Å²) in [5, 5.41) is 15.5. The number of ether oxygens (including phenoxy) is 1. The van der Waals surface area contributed by atoms with Crippen LogP contribution in [0.25, 0.3) is 5.76 Å². The number of benzene rings is 2. The van der Waals surface area contributed by atoms with Crippen molar-refractivity contribution in [2.24, 2.45) is 0 Å². The zero-order valence-corrected chi connectivity index (χ0v) is 18.5. The Bertz CT molecular complexity index is 1200. The molecule has 1 N–H and O–H groups in total. The van der Waals surface area contributed by atoms with Gasteiger partial charge in [0, 0.05) is 16.7 Å². The van der Waals surface area contributed by atoms with Crippen LogP contribution in [0.3, 0.4) is 0 Å². The highest BCUT2D eigenvalue weighted by molar-refractivity contribution is 6.51. The summed E-state index contributed by atoms with van der Waals surface area (Å²) in [5.74, 6) is -0.593. The Morgan fingerprint density at radius 1 is 1.12 bits per heavy atom. The maximum Gasteiger partial charge on any atom is 0.301 e. The van der Waals surface area contributed by atoms with Crippen molar-refractivity contribution in [3.8, 4) is 5.75 Å². The van der Waals surface area contributed by atoms with Crippen molar-refractivity contribution in [3.63, 3.8) is 0 Å². The van der Waals surface area contributed by atoms with Crippen LogP contribution in [-0.2, 0) is 9.59 Å². The fourth-order valence-electron chi connectivity index (χ4n) is 3.62. The van der Waals surface area contributed by atoms with Gasteiger partial charge < -0.3 is 14.4 Å². The summed E-state index contributed by atoms with van der Waals surface area (Å²) in [6.45, 7) is 5.53. The number of carbonyl (C=O) groups excluding carboxylic acids is 2. The van der Waals surface area contributed by atoms with E-state index in [9.17, 15) is 14.7 Å². The molecule has 1 aliphatic heterocycles. The van der Waals surface area contributed by atoms with E-state index in [2.05, 4.69) is 5.16 Å². The van der Waals surface area contributed by atoms with E-state index in [1.165, 1.54) is 4.90 Å². The smallest absolute Gasteiger partial charge is 0.301 e. The largest absolute Gasteiger partial charge is 0.507 e. The molecule has 1 saturated heterocycles. The van der Waals surface area contributed by atoms with Gasteiger partial charge in [0.15, 0.2) is 5.82 Å². The molecule has 1 aromatic heterocycles. The zero-order chi connectivity index (χ0) is 23.0. The Balaban J connectivity index is 1.87. The highest BCUT2D eigenvalue weighted by Crippen LogP contribution is 2.42. The molecule has 32 heavy (non-hydrogen) atoms. The van der Waals surface area contributed by atoms with Gasteiger partial charge in [-0.1, -0.05) is 28.9 Å². The Morgan fingerprint density at radius 3 is 2.34 bits per heavy atom. The maximum absolute atomic E-state index is 13.1. The van der Waals surface area contributed by atoms with Crippen LogP contribution in [0.5, 0.6) is 5.75 Å². The SMILES string of the molecule is Cc1cc(N2C(=O)C(=O)C(=C(O)c3ccc(Cl)cc3)[C@@H]2c2ccc(OC(C)C)cc2)no1. The summed E-state index contributed by atoms with van der Waals surface area (Å²) in [5.41, 5.74) is 0.931. The molecular formula is C24H21ClN2O5. The van der Waals surface area contributed by atoms with E-state index < -0.39 is 17.7 Å². The highest BCUT2D eigenvalue weighted by atomic mass is 35.5. The lowest BCUT2D eigenvalue weighted by molar-refractivity contribution is -0.132. The van der Waals surface area contributed by atoms with Crippen molar-refractivity contribution in [2.45, 2.75) is 32.9 Å². The summed E-state index contributed by atoms with van der Waals surface area (Å²) < 4.78 is 10.8. The summed E-state index contributed by atoms with van der Waals surface area (Å²) in [6, 6.07) is 14.1. The Hall–Kier alpha value is -3.58. The average molecular weight is 453 g/mol. The molecule has 0 saturated carbocycles. The fourth-order valence-corrected chi connectivity index (χ4v) is 3.74. The first-order valence-electron chi connectivity index (χ1n) is 10.0. The number of hydrogen-bond acceptors (Lipinski definition) is 6. The number of rotatable bonds is 5. The van der Waals surface area contributed by atoms with Crippen molar-refractivity contribution < 1.29 is 24.0 Å². The van der Waals surface area contributed by atoms with Crippen molar-refractivity contribution in [3.05, 3.63) is 82.1 Å². The third-order valence-electron chi connectivity index (χ3n) is 4.99. The van der Waals surface area contributed by atoms with Gasteiger partial charge in [0.1, 0.15) is 17.3 Å². The minimum Gasteiger partial charge on any atom is -0.507 e. The molecule has 0 aliphatic carbocycles. The molecular weight excluding hydrogens is 432 g/mol. The normalized spacial score (nSPS) is 17.9. The molecule has 7 nitrogen and oxygen atoms in total.